The molecule has 3 nitrogen and oxygen atoms in total. The van der Waals surface area contributed by atoms with Gasteiger partial charge in [0.15, 0.2) is 0 Å². The molecule has 0 bridgehead atoms. The van der Waals surface area contributed by atoms with Crippen LogP contribution in [0.15, 0.2) is 36.7 Å². The molecule has 0 radical (unpaired) electrons. The summed E-state index contributed by atoms with van der Waals surface area (Å²) in [5.74, 6) is 8.58. The molecule has 3 N–H and O–H groups in total. The van der Waals surface area contributed by atoms with Gasteiger partial charge in [0.2, 0.25) is 0 Å². The maximum absolute atomic E-state index is 5.73. The summed E-state index contributed by atoms with van der Waals surface area (Å²) in [5, 5.41) is 2.39. The Bertz CT molecular complexity index is 522. The topological polar surface area (TPSA) is 50.9 Å². The summed E-state index contributed by atoms with van der Waals surface area (Å²) in [6.45, 7) is 4.48. The third-order valence-electron chi connectivity index (χ3n) is 3.03. The zero-order valence-corrected chi connectivity index (χ0v) is 12.3. The van der Waals surface area contributed by atoms with E-state index in [9.17, 15) is 0 Å². The lowest BCUT2D eigenvalue weighted by atomic mass is 10.0. The summed E-state index contributed by atoms with van der Waals surface area (Å²) in [6.07, 6.45) is 3.73. The van der Waals surface area contributed by atoms with Crippen LogP contribution in [0.2, 0.25) is 0 Å². The Hall–Kier alpha value is -1.10. The summed E-state index contributed by atoms with van der Waals surface area (Å²) in [5.41, 5.74) is 4.19. The fraction of sp³-hybridized carbons (Fsp3) is 0.400. The molecule has 0 aliphatic heterocycles. The van der Waals surface area contributed by atoms with Gasteiger partial charge in [-0.05, 0) is 28.7 Å². The Morgan fingerprint density at radius 1 is 1.26 bits per heavy atom. The molecule has 19 heavy (non-hydrogen) atoms. The van der Waals surface area contributed by atoms with E-state index in [1.165, 1.54) is 10.9 Å². The summed E-state index contributed by atoms with van der Waals surface area (Å²) in [6, 6.07) is 8.53. The molecule has 2 aromatic rings. The van der Waals surface area contributed by atoms with Gasteiger partial charge < -0.3 is 0 Å². The molecule has 0 fully saturated rings. The SMILES string of the molecule is CC(C)CSCC(NN)c1cccc2cnccc12. The molecule has 0 amide bonds. The number of hydrogen-bond acceptors (Lipinski definition) is 4. The number of pyridine rings is 1. The van der Waals surface area contributed by atoms with Crippen molar-refractivity contribution in [2.45, 2.75) is 19.9 Å². The van der Waals surface area contributed by atoms with Gasteiger partial charge in [0.1, 0.15) is 0 Å². The number of aromatic nitrogens is 1. The molecule has 0 saturated carbocycles. The molecule has 0 aliphatic rings. The largest absolute Gasteiger partial charge is 0.271 e. The number of hydrazine groups is 1. The third kappa shape index (κ3) is 3.69. The Kier molecular flexibility index (Phi) is 5.19. The van der Waals surface area contributed by atoms with Gasteiger partial charge in [-0.3, -0.25) is 16.3 Å². The lowest BCUT2D eigenvalue weighted by molar-refractivity contribution is 0.613. The van der Waals surface area contributed by atoms with Crippen LogP contribution in [0.1, 0.15) is 25.5 Å². The minimum Gasteiger partial charge on any atom is -0.271 e. The van der Waals surface area contributed by atoms with Crippen LogP contribution >= 0.6 is 11.8 Å². The van der Waals surface area contributed by atoms with Crippen molar-refractivity contribution in [3.05, 3.63) is 42.2 Å². The summed E-state index contributed by atoms with van der Waals surface area (Å²) >= 11 is 1.94. The van der Waals surface area contributed by atoms with Crippen LogP contribution in [0.5, 0.6) is 0 Å². The number of nitrogens with one attached hydrogen (secondary N) is 1. The molecular formula is C15H21N3S. The first-order valence-electron chi connectivity index (χ1n) is 6.59. The Morgan fingerprint density at radius 2 is 2.11 bits per heavy atom. The van der Waals surface area contributed by atoms with Crippen molar-refractivity contribution >= 4 is 22.5 Å². The minimum absolute atomic E-state index is 0.176. The van der Waals surface area contributed by atoms with Crippen molar-refractivity contribution in [2.75, 3.05) is 11.5 Å². The number of nitrogens with two attached hydrogens (primary N) is 1. The van der Waals surface area contributed by atoms with Crippen LogP contribution in [0.3, 0.4) is 0 Å². The predicted octanol–water partition coefficient (Wildman–Crippen LogP) is 3.13. The molecule has 1 aromatic heterocycles. The second-order valence-electron chi connectivity index (χ2n) is 5.09. The number of hydrogen-bond donors (Lipinski definition) is 2. The molecule has 1 aromatic carbocycles. The first kappa shape index (κ1) is 14.3. The fourth-order valence-electron chi connectivity index (χ4n) is 2.10. The highest BCUT2D eigenvalue weighted by Crippen LogP contribution is 2.26. The molecular weight excluding hydrogens is 254 g/mol. The molecule has 4 heteroatoms. The first-order valence-corrected chi connectivity index (χ1v) is 7.74. The number of benzene rings is 1. The van der Waals surface area contributed by atoms with Crippen molar-refractivity contribution < 1.29 is 0 Å². The van der Waals surface area contributed by atoms with Gasteiger partial charge in [-0.1, -0.05) is 32.0 Å². The van der Waals surface area contributed by atoms with Crippen molar-refractivity contribution in [3.8, 4) is 0 Å². The maximum Gasteiger partial charge on any atom is 0.0556 e. The van der Waals surface area contributed by atoms with Gasteiger partial charge >= 0.3 is 0 Å². The van der Waals surface area contributed by atoms with E-state index in [4.69, 9.17) is 5.84 Å². The van der Waals surface area contributed by atoms with E-state index in [2.05, 4.69) is 48.5 Å². The molecule has 1 atom stereocenters. The summed E-state index contributed by atoms with van der Waals surface area (Å²) < 4.78 is 0. The van der Waals surface area contributed by atoms with Gasteiger partial charge in [-0.25, -0.2) is 0 Å². The zero-order chi connectivity index (χ0) is 13.7. The predicted molar refractivity (Wildman–Crippen MR) is 84.0 cm³/mol. The summed E-state index contributed by atoms with van der Waals surface area (Å²) in [7, 11) is 0. The first-order chi connectivity index (χ1) is 9.22. The molecule has 1 unspecified atom stereocenters. The minimum atomic E-state index is 0.176. The Morgan fingerprint density at radius 3 is 2.84 bits per heavy atom. The van der Waals surface area contributed by atoms with Crippen LogP contribution in [0.25, 0.3) is 10.8 Å². The number of nitrogens with zero attached hydrogens (tertiary/aromatic N) is 1. The van der Waals surface area contributed by atoms with Gasteiger partial charge in [0.05, 0.1) is 6.04 Å². The lowest BCUT2D eigenvalue weighted by Crippen LogP contribution is -2.30. The summed E-state index contributed by atoms with van der Waals surface area (Å²) in [4.78, 5) is 4.17. The van der Waals surface area contributed by atoms with Crippen molar-refractivity contribution in [1.82, 2.24) is 10.4 Å². The van der Waals surface area contributed by atoms with E-state index in [0.717, 1.165) is 16.9 Å². The normalized spacial score (nSPS) is 13.1. The average molecular weight is 275 g/mol. The van der Waals surface area contributed by atoms with Gasteiger partial charge in [-0.2, -0.15) is 11.8 Å². The number of rotatable bonds is 6. The van der Waals surface area contributed by atoms with E-state index in [1.807, 2.05) is 24.2 Å². The fourth-order valence-corrected chi connectivity index (χ4v) is 3.22. The van der Waals surface area contributed by atoms with Crippen molar-refractivity contribution in [1.29, 1.82) is 0 Å². The highest BCUT2D eigenvalue weighted by molar-refractivity contribution is 7.99. The number of thioether (sulfide) groups is 1. The molecule has 2 rings (SSSR count). The Labute approximate surface area is 119 Å². The van der Waals surface area contributed by atoms with Crippen molar-refractivity contribution in [2.24, 2.45) is 11.8 Å². The second-order valence-corrected chi connectivity index (χ2v) is 6.17. The Balaban J connectivity index is 2.20. The van der Waals surface area contributed by atoms with Crippen LogP contribution < -0.4 is 11.3 Å². The molecule has 1 heterocycles. The standard InChI is InChI=1S/C15H21N3S/c1-11(2)9-19-10-15(18-16)14-5-3-4-12-8-17-7-6-13(12)14/h3-8,11,15,18H,9-10,16H2,1-2H3. The van der Waals surface area contributed by atoms with E-state index in [-0.39, 0.29) is 6.04 Å². The second kappa shape index (κ2) is 6.89. The highest BCUT2D eigenvalue weighted by Gasteiger charge is 2.13. The molecule has 0 saturated heterocycles. The zero-order valence-electron chi connectivity index (χ0n) is 11.5. The van der Waals surface area contributed by atoms with Gasteiger partial charge in [0, 0.05) is 23.5 Å². The molecule has 102 valence electrons. The highest BCUT2D eigenvalue weighted by atomic mass is 32.2. The molecule has 0 aliphatic carbocycles. The van der Waals surface area contributed by atoms with E-state index in [0.29, 0.717) is 5.92 Å². The maximum atomic E-state index is 5.73. The van der Waals surface area contributed by atoms with Crippen molar-refractivity contribution in [3.63, 3.8) is 0 Å². The monoisotopic (exact) mass is 275 g/mol. The molecule has 0 spiro atoms. The van der Waals surface area contributed by atoms with E-state index in [1.54, 1.807) is 0 Å². The van der Waals surface area contributed by atoms with Crippen LogP contribution in [0, 0.1) is 5.92 Å². The number of fused-ring (bicyclic) bond motifs is 1. The smallest absolute Gasteiger partial charge is 0.0556 e. The quantitative estimate of drug-likeness (QED) is 0.628. The third-order valence-corrected chi connectivity index (χ3v) is 4.50. The average Bonchev–Trinajstić information content (AvgIpc) is 2.43. The van der Waals surface area contributed by atoms with E-state index < -0.39 is 0 Å². The van der Waals surface area contributed by atoms with Gasteiger partial charge in [0.25, 0.3) is 0 Å². The van der Waals surface area contributed by atoms with Crippen LogP contribution in [-0.4, -0.2) is 16.5 Å². The van der Waals surface area contributed by atoms with Crippen LogP contribution in [-0.2, 0) is 0 Å². The van der Waals surface area contributed by atoms with Crippen LogP contribution in [0.4, 0.5) is 0 Å². The van der Waals surface area contributed by atoms with E-state index >= 15 is 0 Å². The van der Waals surface area contributed by atoms with Gasteiger partial charge in [-0.15, -0.1) is 0 Å². The lowest BCUT2D eigenvalue weighted by Gasteiger charge is -2.18.